The van der Waals surface area contributed by atoms with Crippen LogP contribution in [0, 0.1) is 11.2 Å². The predicted octanol–water partition coefficient (Wildman–Crippen LogP) is 1.12. The fourth-order valence-electron chi connectivity index (χ4n) is 2.90. The highest BCUT2D eigenvalue weighted by atomic mass is 32.2. The highest BCUT2D eigenvalue weighted by Crippen LogP contribution is 2.35. The quantitative estimate of drug-likeness (QED) is 0.837. The van der Waals surface area contributed by atoms with E-state index in [0.717, 1.165) is 6.07 Å². The molecule has 0 aromatic heterocycles. The topological polar surface area (TPSA) is 89.7 Å². The first kappa shape index (κ1) is 17.8. The van der Waals surface area contributed by atoms with Gasteiger partial charge in [0.25, 0.3) is 0 Å². The molecule has 1 aromatic carbocycles. The lowest BCUT2D eigenvalue weighted by atomic mass is 9.77. The number of primary amides is 1. The van der Waals surface area contributed by atoms with Crippen LogP contribution in [0.3, 0.4) is 0 Å². The Morgan fingerprint density at radius 1 is 1.48 bits per heavy atom. The van der Waals surface area contributed by atoms with Crippen molar-refractivity contribution in [3.05, 3.63) is 30.1 Å². The van der Waals surface area contributed by atoms with Gasteiger partial charge in [-0.15, -0.1) is 0 Å². The summed E-state index contributed by atoms with van der Waals surface area (Å²) >= 11 is 0. The minimum atomic E-state index is -3.87. The SMILES string of the molecule is COCCC1(C(N)=O)CCCN(S(=O)(=O)c2cccc(F)c2)C1. The van der Waals surface area contributed by atoms with Gasteiger partial charge in [0.05, 0.1) is 10.3 Å². The highest BCUT2D eigenvalue weighted by Gasteiger charge is 2.44. The average molecular weight is 344 g/mol. The second-order valence-corrected chi connectivity index (χ2v) is 7.72. The highest BCUT2D eigenvalue weighted by molar-refractivity contribution is 7.89. The summed E-state index contributed by atoms with van der Waals surface area (Å²) in [6.07, 6.45) is 1.38. The summed E-state index contributed by atoms with van der Waals surface area (Å²) in [6, 6.07) is 4.85. The van der Waals surface area contributed by atoms with E-state index in [1.165, 1.54) is 29.6 Å². The Bertz CT molecular complexity index is 680. The van der Waals surface area contributed by atoms with E-state index >= 15 is 0 Å². The maximum Gasteiger partial charge on any atom is 0.243 e. The van der Waals surface area contributed by atoms with E-state index in [1.54, 1.807) is 0 Å². The Hall–Kier alpha value is -1.51. The number of halogens is 1. The summed E-state index contributed by atoms with van der Waals surface area (Å²) < 4.78 is 45.0. The Kier molecular flexibility index (Phi) is 5.38. The lowest BCUT2D eigenvalue weighted by molar-refractivity contribution is -0.131. The van der Waals surface area contributed by atoms with Gasteiger partial charge in [0, 0.05) is 26.8 Å². The van der Waals surface area contributed by atoms with Gasteiger partial charge in [0.2, 0.25) is 15.9 Å². The number of piperidine rings is 1. The van der Waals surface area contributed by atoms with Crippen molar-refractivity contribution in [2.24, 2.45) is 11.1 Å². The number of carbonyl (C=O) groups is 1. The van der Waals surface area contributed by atoms with Crippen molar-refractivity contribution in [2.45, 2.75) is 24.2 Å². The van der Waals surface area contributed by atoms with Gasteiger partial charge in [-0.1, -0.05) is 6.07 Å². The van der Waals surface area contributed by atoms with Gasteiger partial charge < -0.3 is 10.5 Å². The van der Waals surface area contributed by atoms with E-state index in [0.29, 0.717) is 25.9 Å². The maximum atomic E-state index is 13.3. The summed E-state index contributed by atoms with van der Waals surface area (Å²) in [5, 5.41) is 0. The van der Waals surface area contributed by atoms with Crippen LogP contribution in [0.4, 0.5) is 4.39 Å². The molecule has 2 rings (SSSR count). The molecule has 0 spiro atoms. The normalized spacial score (nSPS) is 22.9. The molecule has 0 saturated carbocycles. The third-order valence-corrected chi connectivity index (χ3v) is 6.12. The predicted molar refractivity (Wildman–Crippen MR) is 82.5 cm³/mol. The van der Waals surface area contributed by atoms with Gasteiger partial charge in [0.15, 0.2) is 0 Å². The zero-order valence-electron chi connectivity index (χ0n) is 13.0. The Morgan fingerprint density at radius 3 is 2.83 bits per heavy atom. The van der Waals surface area contributed by atoms with Crippen molar-refractivity contribution >= 4 is 15.9 Å². The first-order valence-electron chi connectivity index (χ1n) is 7.36. The van der Waals surface area contributed by atoms with E-state index in [9.17, 15) is 17.6 Å². The number of benzene rings is 1. The number of carbonyl (C=O) groups excluding carboxylic acids is 1. The second-order valence-electron chi connectivity index (χ2n) is 5.79. The van der Waals surface area contributed by atoms with Crippen molar-refractivity contribution < 1.29 is 22.3 Å². The third-order valence-electron chi connectivity index (χ3n) is 4.28. The van der Waals surface area contributed by atoms with Crippen LogP contribution in [-0.2, 0) is 19.6 Å². The first-order chi connectivity index (χ1) is 10.8. The van der Waals surface area contributed by atoms with Crippen molar-refractivity contribution in [3.63, 3.8) is 0 Å². The van der Waals surface area contributed by atoms with Gasteiger partial charge >= 0.3 is 0 Å². The molecule has 23 heavy (non-hydrogen) atoms. The van der Waals surface area contributed by atoms with Gasteiger partial charge in [-0.2, -0.15) is 4.31 Å². The molecular weight excluding hydrogens is 323 g/mol. The van der Waals surface area contributed by atoms with Crippen LogP contribution in [0.5, 0.6) is 0 Å². The van der Waals surface area contributed by atoms with E-state index < -0.39 is 27.2 Å². The summed E-state index contributed by atoms with van der Waals surface area (Å²) in [5.74, 6) is -1.16. The molecule has 0 aliphatic carbocycles. The summed E-state index contributed by atoms with van der Waals surface area (Å²) in [4.78, 5) is 11.8. The number of methoxy groups -OCH3 is 1. The number of nitrogens with zero attached hydrogens (tertiary/aromatic N) is 1. The number of nitrogens with two attached hydrogens (primary N) is 1. The van der Waals surface area contributed by atoms with Crippen molar-refractivity contribution in [1.82, 2.24) is 4.31 Å². The molecule has 1 aliphatic heterocycles. The number of hydrogen-bond acceptors (Lipinski definition) is 4. The summed E-state index contributed by atoms with van der Waals surface area (Å²) in [6.45, 7) is 0.586. The lowest BCUT2D eigenvalue weighted by Crippen LogP contribution is -2.52. The number of sulfonamides is 1. The largest absolute Gasteiger partial charge is 0.385 e. The number of amides is 1. The molecule has 1 aromatic rings. The molecule has 128 valence electrons. The van der Waals surface area contributed by atoms with Crippen LogP contribution in [0.2, 0.25) is 0 Å². The van der Waals surface area contributed by atoms with Crippen LogP contribution in [0.15, 0.2) is 29.2 Å². The summed E-state index contributed by atoms with van der Waals surface area (Å²) in [5.41, 5.74) is 4.59. The van der Waals surface area contributed by atoms with E-state index in [4.69, 9.17) is 10.5 Å². The minimum Gasteiger partial charge on any atom is -0.385 e. The smallest absolute Gasteiger partial charge is 0.243 e. The lowest BCUT2D eigenvalue weighted by Gasteiger charge is -2.39. The maximum absolute atomic E-state index is 13.3. The molecule has 1 amide bonds. The fourth-order valence-corrected chi connectivity index (χ4v) is 4.49. The first-order valence-corrected chi connectivity index (χ1v) is 8.80. The molecule has 8 heteroatoms. The van der Waals surface area contributed by atoms with Crippen molar-refractivity contribution in [3.8, 4) is 0 Å². The van der Waals surface area contributed by atoms with Gasteiger partial charge in [0.1, 0.15) is 5.82 Å². The second kappa shape index (κ2) is 6.94. The van der Waals surface area contributed by atoms with Crippen LogP contribution in [-0.4, -0.2) is 45.4 Å². The molecule has 1 fully saturated rings. The monoisotopic (exact) mass is 344 g/mol. The van der Waals surface area contributed by atoms with E-state index in [-0.39, 0.29) is 18.0 Å². The molecule has 6 nitrogen and oxygen atoms in total. The van der Waals surface area contributed by atoms with Crippen LogP contribution in [0.25, 0.3) is 0 Å². The van der Waals surface area contributed by atoms with Crippen molar-refractivity contribution in [2.75, 3.05) is 26.8 Å². The molecule has 0 bridgehead atoms. The van der Waals surface area contributed by atoms with E-state index in [2.05, 4.69) is 0 Å². The number of ether oxygens (including phenoxy) is 1. The van der Waals surface area contributed by atoms with Gasteiger partial charge in [-0.05, 0) is 37.5 Å². The van der Waals surface area contributed by atoms with Crippen molar-refractivity contribution in [1.29, 1.82) is 0 Å². The average Bonchev–Trinajstić information content (AvgIpc) is 2.53. The van der Waals surface area contributed by atoms with Crippen LogP contribution >= 0.6 is 0 Å². The number of hydrogen-bond donors (Lipinski definition) is 1. The zero-order chi connectivity index (χ0) is 17.1. The Balaban J connectivity index is 2.30. The van der Waals surface area contributed by atoms with E-state index in [1.807, 2.05) is 0 Å². The molecule has 0 radical (unpaired) electrons. The van der Waals surface area contributed by atoms with Crippen LogP contribution < -0.4 is 5.73 Å². The van der Waals surface area contributed by atoms with Gasteiger partial charge in [-0.25, -0.2) is 12.8 Å². The standard InChI is InChI=1S/C15H21FN2O4S/c1-22-9-7-15(14(17)19)6-3-8-18(11-15)23(20,21)13-5-2-4-12(16)10-13/h2,4-5,10H,3,6-9,11H2,1H3,(H2,17,19). The third kappa shape index (κ3) is 3.70. The zero-order valence-corrected chi connectivity index (χ0v) is 13.8. The molecule has 1 heterocycles. The number of rotatable bonds is 6. The fraction of sp³-hybridized carbons (Fsp3) is 0.533. The molecule has 1 unspecified atom stereocenters. The molecule has 1 atom stereocenters. The Labute approximate surface area is 135 Å². The molecular formula is C15H21FN2O4S. The molecule has 2 N–H and O–H groups in total. The Morgan fingerprint density at radius 2 is 2.22 bits per heavy atom. The minimum absolute atomic E-state index is 0.00938. The molecule has 1 aliphatic rings. The van der Waals surface area contributed by atoms with Gasteiger partial charge in [-0.3, -0.25) is 4.79 Å². The summed E-state index contributed by atoms with van der Waals surface area (Å²) in [7, 11) is -2.36. The molecule has 1 saturated heterocycles. The van der Waals surface area contributed by atoms with Crippen LogP contribution in [0.1, 0.15) is 19.3 Å².